The van der Waals surface area contributed by atoms with Crippen LogP contribution in [0.1, 0.15) is 36.1 Å². The normalized spacial score (nSPS) is 16.8. The second-order valence-corrected chi connectivity index (χ2v) is 6.19. The van der Waals surface area contributed by atoms with Crippen LogP contribution in [0.5, 0.6) is 5.75 Å². The molecule has 0 fully saturated rings. The Morgan fingerprint density at radius 2 is 1.88 bits per heavy atom. The van der Waals surface area contributed by atoms with Crippen LogP contribution in [0.2, 0.25) is 0 Å². The van der Waals surface area contributed by atoms with Crippen molar-refractivity contribution in [3.05, 3.63) is 65.2 Å². The minimum absolute atomic E-state index is 0.0468. The van der Waals surface area contributed by atoms with E-state index < -0.39 is 0 Å². The molecule has 4 nitrogen and oxygen atoms in total. The number of hydrazone groups is 1. The van der Waals surface area contributed by atoms with Gasteiger partial charge in [-0.05, 0) is 59.6 Å². The maximum absolute atomic E-state index is 5.90. The minimum atomic E-state index is 0.0468. The van der Waals surface area contributed by atoms with Gasteiger partial charge in [-0.2, -0.15) is 5.10 Å². The van der Waals surface area contributed by atoms with Crippen LogP contribution in [0.3, 0.4) is 0 Å². The summed E-state index contributed by atoms with van der Waals surface area (Å²) in [6.07, 6.45) is 1.80. The lowest BCUT2D eigenvalue weighted by atomic mass is 9.97. The molecule has 1 aliphatic rings. The highest BCUT2D eigenvalue weighted by atomic mass is 32.1. The zero-order valence-corrected chi connectivity index (χ0v) is 14.7. The summed E-state index contributed by atoms with van der Waals surface area (Å²) < 4.78 is 5.21. The molecule has 0 bridgehead atoms. The van der Waals surface area contributed by atoms with E-state index in [0.29, 0.717) is 5.11 Å². The SMILES string of the molecule is CCc1ccc([C@H]2CC(c3ccc(OC)cc3)=NN2C(N)=S)cc1. The summed E-state index contributed by atoms with van der Waals surface area (Å²) >= 11 is 5.20. The average Bonchev–Trinajstić information content (AvgIpc) is 3.07. The van der Waals surface area contributed by atoms with Crippen molar-refractivity contribution in [2.75, 3.05) is 7.11 Å². The fourth-order valence-corrected chi connectivity index (χ4v) is 3.07. The number of hydrogen-bond donors (Lipinski definition) is 1. The second-order valence-electron chi connectivity index (χ2n) is 5.77. The van der Waals surface area contributed by atoms with E-state index in [4.69, 9.17) is 22.7 Å². The molecule has 1 atom stereocenters. The monoisotopic (exact) mass is 339 g/mol. The molecule has 0 saturated heterocycles. The van der Waals surface area contributed by atoms with Gasteiger partial charge in [0.25, 0.3) is 0 Å². The van der Waals surface area contributed by atoms with E-state index in [-0.39, 0.29) is 6.04 Å². The molecule has 0 aromatic heterocycles. The number of nitrogens with two attached hydrogens (primary N) is 1. The van der Waals surface area contributed by atoms with Crippen molar-refractivity contribution in [3.8, 4) is 5.75 Å². The van der Waals surface area contributed by atoms with Crippen LogP contribution in [0, 0.1) is 0 Å². The van der Waals surface area contributed by atoms with Crippen molar-refractivity contribution in [1.82, 2.24) is 5.01 Å². The third-order valence-electron chi connectivity index (χ3n) is 4.33. The lowest BCUT2D eigenvalue weighted by molar-refractivity contribution is 0.372. The summed E-state index contributed by atoms with van der Waals surface area (Å²) in [6, 6.07) is 16.5. The first-order valence-electron chi connectivity index (χ1n) is 8.01. The molecular weight excluding hydrogens is 318 g/mol. The molecule has 0 spiro atoms. The van der Waals surface area contributed by atoms with Crippen molar-refractivity contribution >= 4 is 23.0 Å². The topological polar surface area (TPSA) is 50.8 Å². The van der Waals surface area contributed by atoms with Gasteiger partial charge in [0.2, 0.25) is 0 Å². The first-order chi connectivity index (χ1) is 11.6. The van der Waals surface area contributed by atoms with E-state index in [1.807, 2.05) is 24.3 Å². The first kappa shape index (κ1) is 16.5. The van der Waals surface area contributed by atoms with Crippen LogP contribution in [0.25, 0.3) is 0 Å². The molecule has 124 valence electrons. The van der Waals surface area contributed by atoms with E-state index >= 15 is 0 Å². The molecule has 2 aromatic rings. The predicted octanol–water partition coefficient (Wildman–Crippen LogP) is 3.65. The highest BCUT2D eigenvalue weighted by Crippen LogP contribution is 2.33. The summed E-state index contributed by atoms with van der Waals surface area (Å²) in [6.45, 7) is 2.15. The fraction of sp³-hybridized carbons (Fsp3) is 0.263. The quantitative estimate of drug-likeness (QED) is 0.864. The Hall–Kier alpha value is -2.40. The highest BCUT2D eigenvalue weighted by molar-refractivity contribution is 7.80. The van der Waals surface area contributed by atoms with Crippen LogP contribution >= 0.6 is 12.2 Å². The zero-order valence-electron chi connectivity index (χ0n) is 13.9. The van der Waals surface area contributed by atoms with Gasteiger partial charge >= 0.3 is 0 Å². The number of thiocarbonyl (C=S) groups is 1. The van der Waals surface area contributed by atoms with Crippen LogP contribution < -0.4 is 10.5 Å². The number of hydrogen-bond acceptors (Lipinski definition) is 3. The van der Waals surface area contributed by atoms with E-state index in [1.54, 1.807) is 12.1 Å². The summed E-state index contributed by atoms with van der Waals surface area (Å²) in [5.41, 5.74) is 10.4. The zero-order chi connectivity index (χ0) is 17.1. The summed E-state index contributed by atoms with van der Waals surface area (Å²) in [4.78, 5) is 0. The molecule has 0 aliphatic carbocycles. The molecule has 1 aliphatic heterocycles. The number of rotatable bonds is 4. The molecule has 2 N–H and O–H groups in total. The van der Waals surface area contributed by atoms with Crippen LogP contribution in [0.4, 0.5) is 0 Å². The number of nitrogens with zero attached hydrogens (tertiary/aromatic N) is 2. The number of benzene rings is 2. The minimum Gasteiger partial charge on any atom is -0.497 e. The smallest absolute Gasteiger partial charge is 0.187 e. The first-order valence-corrected chi connectivity index (χ1v) is 8.42. The van der Waals surface area contributed by atoms with Crippen LogP contribution in [0.15, 0.2) is 53.6 Å². The standard InChI is InChI=1S/C19H21N3OS/c1-3-13-4-6-15(7-5-13)18-12-17(21-22(18)19(20)24)14-8-10-16(23-2)11-9-14/h4-11,18H,3,12H2,1-2H3,(H2,20,24)/t18-/m1/s1. The number of aryl methyl sites for hydroxylation is 1. The van der Waals surface area contributed by atoms with E-state index in [1.165, 1.54) is 11.1 Å². The van der Waals surface area contributed by atoms with Crippen LogP contribution in [-0.2, 0) is 6.42 Å². The molecule has 5 heteroatoms. The van der Waals surface area contributed by atoms with Gasteiger partial charge in [0, 0.05) is 6.42 Å². The maximum Gasteiger partial charge on any atom is 0.187 e. The van der Waals surface area contributed by atoms with Gasteiger partial charge in [-0.15, -0.1) is 0 Å². The molecule has 3 rings (SSSR count). The molecule has 0 amide bonds. The molecule has 1 heterocycles. The molecule has 2 aromatic carbocycles. The van der Waals surface area contributed by atoms with Crippen molar-refractivity contribution in [3.63, 3.8) is 0 Å². The second kappa shape index (κ2) is 7.01. The van der Waals surface area contributed by atoms with E-state index in [0.717, 1.165) is 29.9 Å². The lowest BCUT2D eigenvalue weighted by Crippen LogP contribution is -2.31. The largest absolute Gasteiger partial charge is 0.497 e. The van der Waals surface area contributed by atoms with Crippen LogP contribution in [-0.4, -0.2) is 22.9 Å². The van der Waals surface area contributed by atoms with Gasteiger partial charge in [0.15, 0.2) is 5.11 Å². The van der Waals surface area contributed by atoms with Gasteiger partial charge in [-0.3, -0.25) is 0 Å². The highest BCUT2D eigenvalue weighted by Gasteiger charge is 2.30. The van der Waals surface area contributed by atoms with Crippen molar-refractivity contribution in [2.24, 2.45) is 10.8 Å². The third kappa shape index (κ3) is 3.26. The lowest BCUT2D eigenvalue weighted by Gasteiger charge is -2.22. The predicted molar refractivity (Wildman–Crippen MR) is 101 cm³/mol. The van der Waals surface area contributed by atoms with Crippen molar-refractivity contribution < 1.29 is 4.74 Å². The Kier molecular flexibility index (Phi) is 4.81. The molecule has 0 unspecified atom stereocenters. The Morgan fingerprint density at radius 3 is 2.42 bits per heavy atom. The van der Waals surface area contributed by atoms with Gasteiger partial charge in [-0.25, -0.2) is 5.01 Å². The number of methoxy groups -OCH3 is 1. The van der Waals surface area contributed by atoms with Gasteiger partial charge in [0.05, 0.1) is 18.9 Å². The Bertz CT molecular complexity index is 753. The van der Waals surface area contributed by atoms with Crippen molar-refractivity contribution in [2.45, 2.75) is 25.8 Å². The van der Waals surface area contributed by atoms with Gasteiger partial charge in [-0.1, -0.05) is 31.2 Å². The third-order valence-corrected chi connectivity index (χ3v) is 4.52. The van der Waals surface area contributed by atoms with Gasteiger partial charge < -0.3 is 10.5 Å². The summed E-state index contributed by atoms with van der Waals surface area (Å²) in [5, 5.41) is 6.70. The summed E-state index contributed by atoms with van der Waals surface area (Å²) in [5.74, 6) is 0.829. The summed E-state index contributed by atoms with van der Waals surface area (Å²) in [7, 11) is 1.66. The Morgan fingerprint density at radius 1 is 1.21 bits per heavy atom. The fourth-order valence-electron chi connectivity index (χ4n) is 2.91. The average molecular weight is 339 g/mol. The molecule has 0 saturated carbocycles. The Balaban J connectivity index is 1.88. The Labute approximate surface area is 147 Å². The van der Waals surface area contributed by atoms with E-state index in [9.17, 15) is 0 Å². The number of ether oxygens (including phenoxy) is 1. The molecular formula is C19H21N3OS. The van der Waals surface area contributed by atoms with Gasteiger partial charge in [0.1, 0.15) is 5.75 Å². The maximum atomic E-state index is 5.90. The molecule has 0 radical (unpaired) electrons. The van der Waals surface area contributed by atoms with E-state index in [2.05, 4.69) is 36.3 Å². The van der Waals surface area contributed by atoms with Crippen molar-refractivity contribution in [1.29, 1.82) is 0 Å². The molecule has 24 heavy (non-hydrogen) atoms.